The number of pyridine rings is 1. The minimum Gasteiger partial charge on any atom is -0.478 e. The Morgan fingerprint density at radius 2 is 2.05 bits per heavy atom. The molecule has 2 aromatic rings. The average molecular weight is 270 g/mol. The number of hydrogen-bond acceptors (Lipinski definition) is 3. The summed E-state index contributed by atoms with van der Waals surface area (Å²) in [5.41, 5.74) is 4.23. The maximum Gasteiger partial charge on any atom is 0.335 e. The van der Waals surface area contributed by atoms with Crippen LogP contribution < -0.4 is 5.32 Å². The van der Waals surface area contributed by atoms with Gasteiger partial charge in [-0.1, -0.05) is 25.1 Å². The first-order valence-corrected chi connectivity index (χ1v) is 6.58. The van der Waals surface area contributed by atoms with Gasteiger partial charge in [-0.2, -0.15) is 0 Å². The average Bonchev–Trinajstić information content (AvgIpc) is 2.40. The topological polar surface area (TPSA) is 62.2 Å². The van der Waals surface area contributed by atoms with E-state index in [0.717, 1.165) is 17.7 Å². The number of nitrogens with one attached hydrogen (secondary N) is 1. The molecule has 1 aromatic heterocycles. The number of benzene rings is 1. The van der Waals surface area contributed by atoms with Crippen molar-refractivity contribution in [3.05, 3.63) is 52.7 Å². The second kappa shape index (κ2) is 5.74. The summed E-state index contributed by atoms with van der Waals surface area (Å²) < 4.78 is 0. The summed E-state index contributed by atoms with van der Waals surface area (Å²) in [6, 6.07) is 9.22. The highest BCUT2D eigenvalue weighted by molar-refractivity contribution is 5.89. The SMILES string of the molecule is CCc1cccc(C)c1Nc1cc(C(=O)O)cc(C)n1. The number of carboxylic acid groups (broad SMARTS) is 1. The number of para-hydroxylation sites is 1. The molecule has 4 heteroatoms. The number of aromatic nitrogens is 1. The molecule has 104 valence electrons. The van der Waals surface area contributed by atoms with Gasteiger partial charge in [-0.25, -0.2) is 9.78 Å². The Kier molecular flexibility index (Phi) is 4.03. The van der Waals surface area contributed by atoms with Crippen LogP contribution in [0.1, 0.15) is 34.1 Å². The summed E-state index contributed by atoms with van der Waals surface area (Å²) in [6.07, 6.45) is 0.904. The van der Waals surface area contributed by atoms with Crippen LogP contribution in [-0.2, 0) is 6.42 Å². The van der Waals surface area contributed by atoms with E-state index < -0.39 is 5.97 Å². The van der Waals surface area contributed by atoms with Gasteiger partial charge in [0.25, 0.3) is 0 Å². The third-order valence-electron chi connectivity index (χ3n) is 3.19. The zero-order valence-electron chi connectivity index (χ0n) is 11.9. The standard InChI is InChI=1S/C16H18N2O2/c1-4-12-7-5-6-10(2)15(12)18-14-9-13(16(19)20)8-11(3)17-14/h5-9H,4H2,1-3H3,(H,17,18)(H,19,20). The minimum atomic E-state index is -0.945. The number of carbonyl (C=O) groups is 1. The molecule has 0 radical (unpaired) electrons. The van der Waals surface area contributed by atoms with Crippen molar-refractivity contribution in [3.8, 4) is 0 Å². The Balaban J connectivity index is 2.42. The van der Waals surface area contributed by atoms with E-state index in [-0.39, 0.29) is 5.56 Å². The summed E-state index contributed by atoms with van der Waals surface area (Å²) in [7, 11) is 0. The largest absolute Gasteiger partial charge is 0.478 e. The molecule has 0 spiro atoms. The summed E-state index contributed by atoms with van der Waals surface area (Å²) in [4.78, 5) is 15.4. The second-order valence-electron chi connectivity index (χ2n) is 4.78. The molecular weight excluding hydrogens is 252 g/mol. The molecule has 0 amide bonds. The zero-order valence-corrected chi connectivity index (χ0v) is 11.9. The maximum absolute atomic E-state index is 11.1. The van der Waals surface area contributed by atoms with Gasteiger partial charge in [-0.15, -0.1) is 0 Å². The van der Waals surface area contributed by atoms with Crippen molar-refractivity contribution in [2.75, 3.05) is 5.32 Å². The third kappa shape index (κ3) is 2.96. The van der Waals surface area contributed by atoms with E-state index in [2.05, 4.69) is 23.3 Å². The predicted octanol–water partition coefficient (Wildman–Crippen LogP) is 3.70. The van der Waals surface area contributed by atoms with Crippen LogP contribution in [0.3, 0.4) is 0 Å². The maximum atomic E-state index is 11.1. The molecule has 0 aliphatic heterocycles. The second-order valence-corrected chi connectivity index (χ2v) is 4.78. The molecule has 0 aliphatic carbocycles. The number of anilines is 2. The highest BCUT2D eigenvalue weighted by Crippen LogP contribution is 2.25. The lowest BCUT2D eigenvalue weighted by Crippen LogP contribution is -2.04. The lowest BCUT2D eigenvalue weighted by Gasteiger charge is -2.14. The van der Waals surface area contributed by atoms with E-state index >= 15 is 0 Å². The summed E-state index contributed by atoms with van der Waals surface area (Å²) in [6.45, 7) is 5.90. The van der Waals surface area contributed by atoms with Gasteiger partial charge in [0, 0.05) is 11.4 Å². The lowest BCUT2D eigenvalue weighted by molar-refractivity contribution is 0.0696. The molecule has 2 N–H and O–H groups in total. The first kappa shape index (κ1) is 14.1. The summed E-state index contributed by atoms with van der Waals surface area (Å²) in [5, 5.41) is 12.4. The van der Waals surface area contributed by atoms with Crippen molar-refractivity contribution < 1.29 is 9.90 Å². The predicted molar refractivity (Wildman–Crippen MR) is 79.8 cm³/mol. The molecule has 4 nitrogen and oxygen atoms in total. The lowest BCUT2D eigenvalue weighted by atomic mass is 10.1. The van der Waals surface area contributed by atoms with Crippen LogP contribution in [0.2, 0.25) is 0 Å². The van der Waals surface area contributed by atoms with E-state index in [1.165, 1.54) is 5.56 Å². The molecule has 0 saturated heterocycles. The van der Waals surface area contributed by atoms with Crippen molar-refractivity contribution in [1.29, 1.82) is 0 Å². The molecule has 0 fully saturated rings. The van der Waals surface area contributed by atoms with Gasteiger partial charge >= 0.3 is 5.97 Å². The van der Waals surface area contributed by atoms with Gasteiger partial charge in [-0.3, -0.25) is 0 Å². The van der Waals surface area contributed by atoms with Gasteiger partial charge < -0.3 is 10.4 Å². The molecule has 1 aromatic carbocycles. The first-order chi connectivity index (χ1) is 9.51. The number of aromatic carboxylic acids is 1. The van der Waals surface area contributed by atoms with Crippen LogP contribution in [0, 0.1) is 13.8 Å². The quantitative estimate of drug-likeness (QED) is 0.889. The fourth-order valence-corrected chi connectivity index (χ4v) is 2.19. The van der Waals surface area contributed by atoms with E-state index in [0.29, 0.717) is 11.5 Å². The molecule has 20 heavy (non-hydrogen) atoms. The van der Waals surface area contributed by atoms with E-state index in [4.69, 9.17) is 5.11 Å². The van der Waals surface area contributed by atoms with Gasteiger partial charge in [0.15, 0.2) is 0 Å². The van der Waals surface area contributed by atoms with Crippen LogP contribution >= 0.6 is 0 Å². The number of aryl methyl sites for hydroxylation is 3. The Morgan fingerprint density at radius 3 is 2.70 bits per heavy atom. The number of carboxylic acids is 1. The minimum absolute atomic E-state index is 0.242. The van der Waals surface area contributed by atoms with Crippen molar-refractivity contribution in [3.63, 3.8) is 0 Å². The smallest absolute Gasteiger partial charge is 0.335 e. The van der Waals surface area contributed by atoms with Crippen LogP contribution in [0.5, 0.6) is 0 Å². The monoisotopic (exact) mass is 270 g/mol. The fraction of sp³-hybridized carbons (Fsp3) is 0.250. The van der Waals surface area contributed by atoms with Gasteiger partial charge in [0.1, 0.15) is 5.82 Å². The number of rotatable bonds is 4. The Hall–Kier alpha value is -2.36. The highest BCUT2D eigenvalue weighted by atomic mass is 16.4. The molecule has 0 atom stereocenters. The molecule has 0 bridgehead atoms. The molecule has 0 saturated carbocycles. The van der Waals surface area contributed by atoms with E-state index in [9.17, 15) is 4.79 Å². The van der Waals surface area contributed by atoms with E-state index in [1.54, 1.807) is 19.1 Å². The van der Waals surface area contributed by atoms with E-state index in [1.807, 2.05) is 19.1 Å². The Bertz CT molecular complexity index is 651. The summed E-state index contributed by atoms with van der Waals surface area (Å²) >= 11 is 0. The van der Waals surface area contributed by atoms with Crippen LogP contribution in [0.25, 0.3) is 0 Å². The van der Waals surface area contributed by atoms with Crippen LogP contribution in [-0.4, -0.2) is 16.1 Å². The van der Waals surface area contributed by atoms with Crippen molar-refractivity contribution in [2.45, 2.75) is 27.2 Å². The Morgan fingerprint density at radius 1 is 1.30 bits per heavy atom. The zero-order chi connectivity index (χ0) is 14.7. The van der Waals surface area contributed by atoms with Crippen molar-refractivity contribution >= 4 is 17.5 Å². The van der Waals surface area contributed by atoms with Crippen LogP contribution in [0.4, 0.5) is 11.5 Å². The first-order valence-electron chi connectivity index (χ1n) is 6.58. The Labute approximate surface area is 118 Å². The van der Waals surface area contributed by atoms with Gasteiger partial charge in [-0.05, 0) is 43.5 Å². The van der Waals surface area contributed by atoms with Crippen molar-refractivity contribution in [2.24, 2.45) is 0 Å². The van der Waals surface area contributed by atoms with Gasteiger partial charge in [0.2, 0.25) is 0 Å². The summed E-state index contributed by atoms with van der Waals surface area (Å²) in [5.74, 6) is -0.384. The van der Waals surface area contributed by atoms with Crippen molar-refractivity contribution in [1.82, 2.24) is 4.98 Å². The molecule has 0 unspecified atom stereocenters. The third-order valence-corrected chi connectivity index (χ3v) is 3.19. The fourth-order valence-electron chi connectivity index (χ4n) is 2.19. The molecule has 2 rings (SSSR count). The molecule has 0 aliphatic rings. The normalized spacial score (nSPS) is 10.3. The molecular formula is C16H18N2O2. The molecule has 1 heterocycles. The number of hydrogen-bond donors (Lipinski definition) is 2. The highest BCUT2D eigenvalue weighted by Gasteiger charge is 2.09. The van der Waals surface area contributed by atoms with Crippen LogP contribution in [0.15, 0.2) is 30.3 Å². The number of nitrogens with zero attached hydrogens (tertiary/aromatic N) is 1. The van der Waals surface area contributed by atoms with Gasteiger partial charge in [0.05, 0.1) is 5.56 Å².